The predicted octanol–water partition coefficient (Wildman–Crippen LogP) is 3.57. The van der Waals surface area contributed by atoms with Gasteiger partial charge in [0.15, 0.2) is 0 Å². The number of nitro groups is 1. The van der Waals surface area contributed by atoms with E-state index < -0.39 is 24.5 Å². The number of benzene rings is 2. The van der Waals surface area contributed by atoms with Crippen LogP contribution < -0.4 is 9.97 Å². The van der Waals surface area contributed by atoms with Crippen LogP contribution in [0.15, 0.2) is 48.5 Å². The molecular weight excluding hydrogens is 371 g/mol. The van der Waals surface area contributed by atoms with Gasteiger partial charge in [-0.05, 0) is 30.7 Å². The van der Waals surface area contributed by atoms with Crippen LogP contribution in [0.5, 0.6) is 0 Å². The molecule has 142 valence electrons. The summed E-state index contributed by atoms with van der Waals surface area (Å²) in [6.45, 7) is 1.91. The lowest BCUT2D eigenvalue weighted by molar-refractivity contribution is -0.384. The zero-order valence-corrected chi connectivity index (χ0v) is 15.8. The third kappa shape index (κ3) is 3.34. The topological polar surface area (TPSA) is 99.0 Å². The molecule has 1 aliphatic rings. The van der Waals surface area contributed by atoms with E-state index in [0.717, 1.165) is 0 Å². The van der Waals surface area contributed by atoms with Gasteiger partial charge < -0.3 is 9.26 Å². The number of nitrogens with zero attached hydrogens (tertiary/aromatic N) is 2. The second-order valence-corrected chi connectivity index (χ2v) is 8.13. The highest BCUT2D eigenvalue weighted by Crippen LogP contribution is 2.62. The molecule has 1 aliphatic heterocycles. The summed E-state index contributed by atoms with van der Waals surface area (Å²) in [5.74, 6) is -0.511. The first-order valence-corrected chi connectivity index (χ1v) is 9.95. The van der Waals surface area contributed by atoms with Gasteiger partial charge in [-0.2, -0.15) is 0 Å². The molecule has 2 unspecified atom stereocenters. The van der Waals surface area contributed by atoms with Gasteiger partial charge in [0, 0.05) is 17.8 Å². The molecular formula is C18H19N2O6P. The lowest BCUT2D eigenvalue weighted by atomic mass is 10.0. The number of esters is 1. The zero-order valence-electron chi connectivity index (χ0n) is 14.9. The average Bonchev–Trinajstić information content (AvgIpc) is 2.90. The quantitative estimate of drug-likeness (QED) is 0.322. The summed E-state index contributed by atoms with van der Waals surface area (Å²) in [7, 11) is -2.30. The van der Waals surface area contributed by atoms with E-state index >= 15 is 0 Å². The number of carbonyl (C=O) groups excluding carboxylic acids is 1. The standard InChI is InChI=1S/C18H19N2O6P/c1-3-26-27(24)17-10-9-14(20(22)23)11-15(17)16(12-18(21)25-2)19(27)13-7-5-4-6-8-13/h4-11,16H,3,12H2,1-2H3. The zero-order chi connectivity index (χ0) is 19.6. The summed E-state index contributed by atoms with van der Waals surface area (Å²) >= 11 is 0. The van der Waals surface area contributed by atoms with E-state index in [-0.39, 0.29) is 18.7 Å². The van der Waals surface area contributed by atoms with E-state index in [1.54, 1.807) is 35.9 Å². The predicted molar refractivity (Wildman–Crippen MR) is 100 cm³/mol. The molecule has 2 aromatic rings. The SMILES string of the molecule is CCOP1(=O)c2ccc([N+](=O)[O-])cc2C(CC(=O)OC)N1c1ccccc1. The molecule has 0 fully saturated rings. The lowest BCUT2D eigenvalue weighted by Crippen LogP contribution is -2.24. The van der Waals surface area contributed by atoms with Crippen LogP contribution in [0.4, 0.5) is 11.4 Å². The van der Waals surface area contributed by atoms with Gasteiger partial charge in [0.05, 0.1) is 36.4 Å². The molecule has 0 bridgehead atoms. The Morgan fingerprint density at radius 3 is 2.56 bits per heavy atom. The molecule has 0 saturated heterocycles. The van der Waals surface area contributed by atoms with Crippen molar-refractivity contribution in [3.63, 3.8) is 0 Å². The van der Waals surface area contributed by atoms with Crippen molar-refractivity contribution in [1.82, 2.24) is 0 Å². The normalized spacial score (nSPS) is 21.0. The van der Waals surface area contributed by atoms with Crippen molar-refractivity contribution in [3.05, 3.63) is 64.2 Å². The first kappa shape index (κ1) is 19.1. The van der Waals surface area contributed by atoms with E-state index in [1.165, 1.54) is 25.3 Å². The van der Waals surface area contributed by atoms with E-state index in [9.17, 15) is 19.5 Å². The first-order chi connectivity index (χ1) is 12.9. The summed E-state index contributed by atoms with van der Waals surface area (Å²) in [6, 6.07) is 12.3. The van der Waals surface area contributed by atoms with Crippen LogP contribution in [0.2, 0.25) is 0 Å². The maximum absolute atomic E-state index is 13.9. The van der Waals surface area contributed by atoms with Gasteiger partial charge in [-0.25, -0.2) is 0 Å². The molecule has 0 N–H and O–H groups in total. The largest absolute Gasteiger partial charge is 0.469 e. The maximum atomic E-state index is 13.9. The van der Waals surface area contributed by atoms with Crippen molar-refractivity contribution in [3.8, 4) is 0 Å². The number of hydrogen-bond acceptors (Lipinski definition) is 6. The fraction of sp³-hybridized carbons (Fsp3) is 0.278. The highest BCUT2D eigenvalue weighted by atomic mass is 31.2. The van der Waals surface area contributed by atoms with E-state index in [0.29, 0.717) is 16.6 Å². The highest BCUT2D eigenvalue weighted by Gasteiger charge is 2.49. The summed E-state index contributed by atoms with van der Waals surface area (Å²) < 4.78 is 25.9. The smallest absolute Gasteiger partial charge is 0.327 e. The number of non-ortho nitro benzene ring substituents is 1. The molecule has 2 atom stereocenters. The van der Waals surface area contributed by atoms with Crippen LogP contribution in [-0.2, 0) is 18.6 Å². The van der Waals surface area contributed by atoms with Gasteiger partial charge in [-0.1, -0.05) is 18.2 Å². The average molecular weight is 390 g/mol. The van der Waals surface area contributed by atoms with Gasteiger partial charge >= 0.3 is 13.5 Å². The first-order valence-electron chi connectivity index (χ1n) is 8.37. The third-order valence-electron chi connectivity index (χ3n) is 4.38. The second-order valence-electron chi connectivity index (χ2n) is 5.91. The Morgan fingerprint density at radius 2 is 1.96 bits per heavy atom. The Hall–Kier alpha value is -2.70. The summed E-state index contributed by atoms with van der Waals surface area (Å²) in [5, 5.41) is 11.6. The number of anilines is 1. The van der Waals surface area contributed by atoms with Crippen LogP contribution in [0.1, 0.15) is 24.9 Å². The van der Waals surface area contributed by atoms with Crippen LogP contribution >= 0.6 is 7.52 Å². The number of carbonyl (C=O) groups is 1. The maximum Gasteiger partial charge on any atom is 0.327 e. The van der Waals surface area contributed by atoms with Crippen LogP contribution in [0, 0.1) is 10.1 Å². The van der Waals surface area contributed by atoms with Gasteiger partial charge in [0.2, 0.25) is 0 Å². The van der Waals surface area contributed by atoms with Gasteiger partial charge in [0.1, 0.15) is 0 Å². The van der Waals surface area contributed by atoms with Gasteiger partial charge in [0.25, 0.3) is 5.69 Å². The fourth-order valence-corrected chi connectivity index (χ4v) is 5.93. The van der Waals surface area contributed by atoms with Crippen LogP contribution in [-0.4, -0.2) is 24.6 Å². The lowest BCUT2D eigenvalue weighted by Gasteiger charge is -2.31. The molecule has 2 aromatic carbocycles. The highest BCUT2D eigenvalue weighted by molar-refractivity contribution is 7.69. The molecule has 9 heteroatoms. The molecule has 0 saturated carbocycles. The molecule has 0 aliphatic carbocycles. The van der Waals surface area contributed by atoms with E-state index in [1.807, 2.05) is 6.07 Å². The molecule has 0 amide bonds. The Morgan fingerprint density at radius 1 is 1.26 bits per heavy atom. The number of methoxy groups -OCH3 is 1. The number of rotatable bonds is 6. The number of para-hydroxylation sites is 1. The fourth-order valence-electron chi connectivity index (χ4n) is 3.27. The van der Waals surface area contributed by atoms with Crippen molar-refractivity contribution in [2.75, 3.05) is 18.4 Å². The Labute approximate surface area is 156 Å². The minimum atomic E-state index is -3.56. The third-order valence-corrected chi connectivity index (χ3v) is 7.08. The van der Waals surface area contributed by atoms with Crippen molar-refractivity contribution < 1.29 is 23.5 Å². The second kappa shape index (κ2) is 7.50. The Bertz CT molecular complexity index is 917. The number of fused-ring (bicyclic) bond motifs is 1. The van der Waals surface area contributed by atoms with E-state index in [2.05, 4.69) is 0 Å². The molecule has 0 spiro atoms. The molecule has 8 nitrogen and oxygen atoms in total. The van der Waals surface area contributed by atoms with Crippen molar-refractivity contribution in [2.24, 2.45) is 0 Å². The minimum absolute atomic E-state index is 0.114. The molecule has 1 heterocycles. The molecule has 27 heavy (non-hydrogen) atoms. The van der Waals surface area contributed by atoms with E-state index in [4.69, 9.17) is 9.26 Å². The van der Waals surface area contributed by atoms with Crippen molar-refractivity contribution in [2.45, 2.75) is 19.4 Å². The van der Waals surface area contributed by atoms with Crippen molar-refractivity contribution in [1.29, 1.82) is 0 Å². The van der Waals surface area contributed by atoms with Crippen LogP contribution in [0.25, 0.3) is 0 Å². The number of hydrogen-bond donors (Lipinski definition) is 0. The molecule has 3 rings (SSSR count). The summed E-state index contributed by atoms with van der Waals surface area (Å²) in [5.41, 5.74) is 0.902. The molecule has 0 aromatic heterocycles. The summed E-state index contributed by atoms with van der Waals surface area (Å²) in [4.78, 5) is 22.7. The van der Waals surface area contributed by atoms with Crippen LogP contribution in [0.3, 0.4) is 0 Å². The van der Waals surface area contributed by atoms with Crippen molar-refractivity contribution >= 4 is 30.2 Å². The number of ether oxygens (including phenoxy) is 1. The van der Waals surface area contributed by atoms with Gasteiger partial charge in [-0.3, -0.25) is 24.1 Å². The minimum Gasteiger partial charge on any atom is -0.469 e. The van der Waals surface area contributed by atoms with Gasteiger partial charge in [-0.15, -0.1) is 0 Å². The monoisotopic (exact) mass is 390 g/mol. The Balaban J connectivity index is 2.23. The Kier molecular flexibility index (Phi) is 5.30. The molecule has 0 radical (unpaired) electrons. The number of nitro benzene ring substituents is 1. The summed E-state index contributed by atoms with van der Waals surface area (Å²) in [6.07, 6.45) is -0.114.